The van der Waals surface area contributed by atoms with Crippen LogP contribution in [0.15, 0.2) is 36.1 Å². The third-order valence-corrected chi connectivity index (χ3v) is 4.20. The van der Waals surface area contributed by atoms with Crippen LogP contribution >= 0.6 is 0 Å². The van der Waals surface area contributed by atoms with E-state index < -0.39 is 6.09 Å². The molecule has 29 heavy (non-hydrogen) atoms. The number of allylic oxidation sites excluding steroid dienone is 1. The van der Waals surface area contributed by atoms with Crippen LogP contribution in [0.1, 0.15) is 15.9 Å². The van der Waals surface area contributed by atoms with Crippen molar-refractivity contribution in [2.75, 3.05) is 35.4 Å². The van der Waals surface area contributed by atoms with Gasteiger partial charge in [0.15, 0.2) is 17.3 Å². The van der Waals surface area contributed by atoms with Crippen molar-refractivity contribution in [1.29, 1.82) is 0 Å². The summed E-state index contributed by atoms with van der Waals surface area (Å²) in [7, 11) is 7.69. The monoisotopic (exact) mass is 399 g/mol. The number of hydrogen-bond donors (Lipinski definition) is 0. The molecular weight excluding hydrogens is 378 g/mol. The normalized spacial score (nSPS) is 13.6. The lowest BCUT2D eigenvalue weighted by molar-refractivity contribution is 0.101. The van der Waals surface area contributed by atoms with E-state index in [0.29, 0.717) is 34.1 Å². The van der Waals surface area contributed by atoms with Crippen LogP contribution in [0.3, 0.4) is 0 Å². The van der Waals surface area contributed by atoms with Gasteiger partial charge in [0.1, 0.15) is 11.5 Å². The van der Waals surface area contributed by atoms with Crippen LogP contribution in [-0.2, 0) is 0 Å². The molecule has 0 aromatic heterocycles. The Hall–Kier alpha value is -3.68. The number of ether oxygens (including phenoxy) is 5. The Bertz CT molecular complexity index is 970. The second-order valence-corrected chi connectivity index (χ2v) is 6.32. The summed E-state index contributed by atoms with van der Waals surface area (Å²) in [5.74, 6) is 1.82. The number of fused-ring (bicyclic) bond motifs is 1. The second-order valence-electron chi connectivity index (χ2n) is 6.32. The predicted molar refractivity (Wildman–Crippen MR) is 105 cm³/mol. The van der Waals surface area contributed by atoms with E-state index in [2.05, 4.69) is 0 Å². The molecule has 8 nitrogen and oxygen atoms in total. The molecule has 0 aliphatic carbocycles. The largest absolute Gasteiger partial charge is 0.493 e. The van der Waals surface area contributed by atoms with Crippen LogP contribution in [0.2, 0.25) is 0 Å². The molecule has 1 aliphatic heterocycles. The summed E-state index contributed by atoms with van der Waals surface area (Å²) in [6.07, 6.45) is 1.06. The molecule has 0 bridgehead atoms. The van der Waals surface area contributed by atoms with Gasteiger partial charge in [-0.1, -0.05) is 0 Å². The van der Waals surface area contributed by atoms with E-state index >= 15 is 0 Å². The second kappa shape index (κ2) is 8.14. The number of Topliss-reactive ketones (excluding diaryl/α,β-unsaturated/α-hetero) is 1. The summed E-state index contributed by atoms with van der Waals surface area (Å²) < 4.78 is 26.9. The number of nitrogens with zero attached hydrogens (tertiary/aromatic N) is 1. The van der Waals surface area contributed by atoms with Crippen molar-refractivity contribution in [3.8, 4) is 28.7 Å². The third kappa shape index (κ3) is 3.96. The van der Waals surface area contributed by atoms with E-state index in [4.69, 9.17) is 23.7 Å². The van der Waals surface area contributed by atoms with E-state index in [9.17, 15) is 9.59 Å². The molecule has 2 aromatic carbocycles. The van der Waals surface area contributed by atoms with Crippen LogP contribution in [0.25, 0.3) is 6.08 Å². The molecular formula is C21H21NO7. The maximum Gasteiger partial charge on any atom is 0.414 e. The fraction of sp³-hybridized carbons (Fsp3) is 0.238. The maximum absolute atomic E-state index is 12.7. The van der Waals surface area contributed by atoms with Crippen LogP contribution in [0.4, 0.5) is 4.79 Å². The lowest BCUT2D eigenvalue weighted by Crippen LogP contribution is -2.25. The van der Waals surface area contributed by atoms with Gasteiger partial charge >= 0.3 is 6.09 Å². The van der Waals surface area contributed by atoms with Crippen molar-refractivity contribution in [2.24, 2.45) is 0 Å². The summed E-state index contributed by atoms with van der Waals surface area (Å²) in [6.45, 7) is 0. The zero-order chi connectivity index (χ0) is 21.1. The van der Waals surface area contributed by atoms with E-state index in [1.807, 2.05) is 0 Å². The number of carbonyl (C=O) groups excluding carboxylic acids is 2. The number of hydrogen-bond acceptors (Lipinski definition) is 7. The van der Waals surface area contributed by atoms with Gasteiger partial charge in [0.25, 0.3) is 0 Å². The molecule has 0 atom stereocenters. The highest BCUT2D eigenvalue weighted by molar-refractivity contribution is 6.14. The summed E-state index contributed by atoms with van der Waals surface area (Å²) in [5.41, 5.74) is 1.02. The van der Waals surface area contributed by atoms with E-state index in [-0.39, 0.29) is 17.3 Å². The first-order valence-electron chi connectivity index (χ1n) is 8.65. The minimum absolute atomic E-state index is 0.130. The van der Waals surface area contributed by atoms with Crippen LogP contribution in [-0.4, -0.2) is 52.2 Å². The highest BCUT2D eigenvalue weighted by Crippen LogP contribution is 2.40. The summed E-state index contributed by atoms with van der Waals surface area (Å²) in [5, 5.41) is 0. The Labute approximate surface area is 168 Å². The first kappa shape index (κ1) is 20.1. The van der Waals surface area contributed by atoms with Crippen LogP contribution in [0, 0.1) is 0 Å². The average Bonchev–Trinajstić information content (AvgIpc) is 3.01. The molecule has 0 radical (unpaired) electrons. The lowest BCUT2D eigenvalue weighted by Gasteiger charge is -2.13. The Morgan fingerprint density at radius 1 is 1.00 bits per heavy atom. The van der Waals surface area contributed by atoms with Gasteiger partial charge in [-0.15, -0.1) is 0 Å². The van der Waals surface area contributed by atoms with E-state index in [1.54, 1.807) is 44.4 Å². The first-order valence-corrected chi connectivity index (χ1v) is 8.65. The van der Waals surface area contributed by atoms with Crippen LogP contribution in [0.5, 0.6) is 28.7 Å². The molecule has 1 heterocycles. The number of benzene rings is 2. The Morgan fingerprint density at radius 2 is 1.66 bits per heavy atom. The number of methoxy groups -OCH3 is 3. The number of amides is 1. The molecule has 1 amide bonds. The SMILES string of the molecule is COc1cc(C=C2Oc3cc(OC(=O)N(C)C)ccc3C2=O)cc(OC)c1OC. The summed E-state index contributed by atoms with van der Waals surface area (Å²) in [4.78, 5) is 25.7. The predicted octanol–water partition coefficient (Wildman–Crippen LogP) is 3.39. The number of carbonyl (C=O) groups is 2. The molecule has 8 heteroatoms. The molecule has 0 fully saturated rings. The zero-order valence-corrected chi connectivity index (χ0v) is 16.8. The fourth-order valence-corrected chi connectivity index (χ4v) is 2.76. The lowest BCUT2D eigenvalue weighted by atomic mass is 10.1. The molecule has 0 saturated heterocycles. The summed E-state index contributed by atoms with van der Waals surface area (Å²) in [6, 6.07) is 8.02. The quantitative estimate of drug-likeness (QED) is 0.713. The average molecular weight is 399 g/mol. The number of rotatable bonds is 5. The van der Waals surface area contributed by atoms with E-state index in [0.717, 1.165) is 0 Å². The van der Waals surface area contributed by atoms with Gasteiger partial charge < -0.3 is 28.6 Å². The van der Waals surface area contributed by atoms with Crippen molar-refractivity contribution in [2.45, 2.75) is 0 Å². The van der Waals surface area contributed by atoms with Crippen molar-refractivity contribution in [3.05, 3.63) is 47.2 Å². The molecule has 2 aromatic rings. The van der Waals surface area contributed by atoms with Gasteiger partial charge in [0.05, 0.1) is 26.9 Å². The van der Waals surface area contributed by atoms with Gasteiger partial charge in [-0.25, -0.2) is 4.79 Å². The molecule has 0 unspecified atom stereocenters. The molecule has 152 valence electrons. The van der Waals surface area contributed by atoms with Crippen molar-refractivity contribution < 1.29 is 33.3 Å². The molecule has 1 aliphatic rings. The Balaban J connectivity index is 1.91. The smallest absolute Gasteiger partial charge is 0.414 e. The molecule has 0 saturated carbocycles. The fourth-order valence-electron chi connectivity index (χ4n) is 2.76. The molecule has 0 spiro atoms. The van der Waals surface area contributed by atoms with Crippen molar-refractivity contribution >= 4 is 18.0 Å². The van der Waals surface area contributed by atoms with Gasteiger partial charge in [-0.2, -0.15) is 0 Å². The minimum atomic E-state index is -0.525. The molecule has 0 N–H and O–H groups in total. The van der Waals surface area contributed by atoms with Gasteiger partial charge in [0, 0.05) is 20.2 Å². The third-order valence-electron chi connectivity index (χ3n) is 4.20. The standard InChI is InChI=1S/C21H21NO7/c1-22(2)21(24)28-13-6-7-14-15(11-13)29-16(19(14)23)8-12-9-17(25-3)20(27-5)18(10-12)26-4/h6-11H,1-5H3. The summed E-state index contributed by atoms with van der Waals surface area (Å²) >= 11 is 0. The Morgan fingerprint density at radius 3 is 2.21 bits per heavy atom. The highest BCUT2D eigenvalue weighted by atomic mass is 16.6. The number of ketones is 1. The Kier molecular flexibility index (Phi) is 5.63. The van der Waals surface area contributed by atoms with Crippen molar-refractivity contribution in [3.63, 3.8) is 0 Å². The van der Waals surface area contributed by atoms with Gasteiger partial charge in [0.2, 0.25) is 11.5 Å². The van der Waals surface area contributed by atoms with E-state index in [1.165, 1.54) is 32.3 Å². The van der Waals surface area contributed by atoms with Crippen LogP contribution < -0.4 is 23.7 Å². The zero-order valence-electron chi connectivity index (χ0n) is 16.8. The first-order chi connectivity index (χ1) is 13.9. The minimum Gasteiger partial charge on any atom is -0.493 e. The van der Waals surface area contributed by atoms with Crippen molar-refractivity contribution in [1.82, 2.24) is 4.90 Å². The molecule has 3 rings (SSSR count). The maximum atomic E-state index is 12.7. The highest BCUT2D eigenvalue weighted by Gasteiger charge is 2.28. The van der Waals surface area contributed by atoms with Gasteiger partial charge in [-0.05, 0) is 35.9 Å². The van der Waals surface area contributed by atoms with Gasteiger partial charge in [-0.3, -0.25) is 4.79 Å². The topological polar surface area (TPSA) is 83.5 Å².